The van der Waals surface area contributed by atoms with Crippen LogP contribution in [0.1, 0.15) is 37.6 Å². The molecule has 0 spiro atoms. The highest BCUT2D eigenvalue weighted by atomic mass is 79.9. The van der Waals surface area contributed by atoms with Gasteiger partial charge in [0.2, 0.25) is 5.13 Å². The summed E-state index contributed by atoms with van der Waals surface area (Å²) < 4.78 is 6.46. The lowest BCUT2D eigenvalue weighted by molar-refractivity contribution is -0.118. The summed E-state index contributed by atoms with van der Waals surface area (Å²) in [6.45, 7) is 4.16. The highest BCUT2D eigenvalue weighted by Crippen LogP contribution is 2.31. The van der Waals surface area contributed by atoms with E-state index in [-0.39, 0.29) is 12.5 Å². The second-order valence-corrected chi connectivity index (χ2v) is 8.17. The molecular formula is C21H22BrN3O2S. The second kappa shape index (κ2) is 9.80. The SMILES string of the molecule is CCC(CC)c1nnc(NC(=O)COc2ccc(-c3ccccc3)cc2Br)s1. The lowest BCUT2D eigenvalue weighted by atomic mass is 10.1. The summed E-state index contributed by atoms with van der Waals surface area (Å²) in [6, 6.07) is 15.9. The van der Waals surface area contributed by atoms with Gasteiger partial charge in [0.15, 0.2) is 6.61 Å². The first kappa shape index (κ1) is 20.5. The van der Waals surface area contributed by atoms with Gasteiger partial charge in [-0.1, -0.05) is 61.6 Å². The van der Waals surface area contributed by atoms with Gasteiger partial charge in [0, 0.05) is 5.92 Å². The van der Waals surface area contributed by atoms with Gasteiger partial charge in [-0.3, -0.25) is 10.1 Å². The summed E-state index contributed by atoms with van der Waals surface area (Å²) >= 11 is 4.94. The third-order valence-electron chi connectivity index (χ3n) is 4.42. The lowest BCUT2D eigenvalue weighted by Gasteiger charge is -2.09. The Bertz CT molecular complexity index is 926. The van der Waals surface area contributed by atoms with Gasteiger partial charge in [-0.15, -0.1) is 10.2 Å². The van der Waals surface area contributed by atoms with Crippen LogP contribution in [0, 0.1) is 0 Å². The number of aromatic nitrogens is 2. The number of rotatable bonds is 8. The molecule has 146 valence electrons. The largest absolute Gasteiger partial charge is 0.483 e. The van der Waals surface area contributed by atoms with E-state index in [2.05, 4.69) is 45.3 Å². The number of amides is 1. The maximum atomic E-state index is 12.2. The van der Waals surface area contributed by atoms with Gasteiger partial charge in [-0.25, -0.2) is 0 Å². The van der Waals surface area contributed by atoms with Crippen LogP contribution in [0.3, 0.4) is 0 Å². The fourth-order valence-corrected chi connectivity index (χ4v) is 4.33. The summed E-state index contributed by atoms with van der Waals surface area (Å²) in [6.07, 6.45) is 2.02. The maximum absolute atomic E-state index is 12.2. The minimum atomic E-state index is -0.258. The highest BCUT2D eigenvalue weighted by Gasteiger charge is 2.15. The van der Waals surface area contributed by atoms with Crippen molar-refractivity contribution in [1.29, 1.82) is 0 Å². The molecule has 0 saturated heterocycles. The third-order valence-corrected chi connectivity index (χ3v) is 6.04. The van der Waals surface area contributed by atoms with Crippen LogP contribution in [-0.2, 0) is 4.79 Å². The van der Waals surface area contributed by atoms with E-state index >= 15 is 0 Å². The van der Waals surface area contributed by atoms with E-state index in [0.29, 0.717) is 16.8 Å². The molecule has 0 saturated carbocycles. The molecule has 1 heterocycles. The molecule has 1 aromatic heterocycles. The maximum Gasteiger partial charge on any atom is 0.264 e. The van der Waals surface area contributed by atoms with Crippen molar-refractivity contribution in [2.45, 2.75) is 32.6 Å². The monoisotopic (exact) mass is 459 g/mol. The minimum Gasteiger partial charge on any atom is -0.483 e. The van der Waals surface area contributed by atoms with Crippen LogP contribution in [0.5, 0.6) is 5.75 Å². The van der Waals surface area contributed by atoms with E-state index in [1.54, 1.807) is 0 Å². The van der Waals surface area contributed by atoms with Gasteiger partial charge >= 0.3 is 0 Å². The molecule has 0 radical (unpaired) electrons. The molecule has 3 rings (SSSR count). The van der Waals surface area contributed by atoms with Crippen molar-refractivity contribution in [3.8, 4) is 16.9 Å². The Balaban J connectivity index is 1.57. The smallest absolute Gasteiger partial charge is 0.264 e. The van der Waals surface area contributed by atoms with Gasteiger partial charge in [-0.05, 0) is 52.0 Å². The fourth-order valence-electron chi connectivity index (χ4n) is 2.81. The molecule has 0 fully saturated rings. The second-order valence-electron chi connectivity index (χ2n) is 6.31. The van der Waals surface area contributed by atoms with Crippen molar-refractivity contribution in [3.63, 3.8) is 0 Å². The van der Waals surface area contributed by atoms with E-state index in [1.807, 2.05) is 48.5 Å². The predicted molar refractivity (Wildman–Crippen MR) is 117 cm³/mol. The first-order valence-corrected chi connectivity index (χ1v) is 10.8. The van der Waals surface area contributed by atoms with Gasteiger partial charge < -0.3 is 4.74 Å². The Morgan fingerprint density at radius 1 is 1.11 bits per heavy atom. The molecule has 7 heteroatoms. The summed E-state index contributed by atoms with van der Waals surface area (Å²) in [5.74, 6) is 0.745. The quantitative estimate of drug-likeness (QED) is 0.455. The van der Waals surface area contributed by atoms with Gasteiger partial charge in [0.25, 0.3) is 5.91 Å². The number of hydrogen-bond acceptors (Lipinski definition) is 5. The molecule has 0 unspecified atom stereocenters. The minimum absolute atomic E-state index is 0.0941. The first-order valence-electron chi connectivity index (χ1n) is 9.21. The Kier molecular flexibility index (Phi) is 7.17. The van der Waals surface area contributed by atoms with Crippen molar-refractivity contribution in [2.24, 2.45) is 0 Å². The Labute approximate surface area is 177 Å². The number of hydrogen-bond donors (Lipinski definition) is 1. The molecule has 1 amide bonds. The number of carbonyl (C=O) groups is 1. The van der Waals surface area contributed by atoms with Crippen molar-refractivity contribution in [2.75, 3.05) is 11.9 Å². The number of carbonyl (C=O) groups excluding carboxylic acids is 1. The third kappa shape index (κ3) is 5.17. The summed E-state index contributed by atoms with van der Waals surface area (Å²) in [7, 11) is 0. The van der Waals surface area contributed by atoms with Gasteiger partial charge in [0.1, 0.15) is 10.8 Å². The first-order chi connectivity index (χ1) is 13.6. The van der Waals surface area contributed by atoms with Crippen molar-refractivity contribution in [1.82, 2.24) is 10.2 Å². The van der Waals surface area contributed by atoms with Crippen LogP contribution >= 0.6 is 27.3 Å². The van der Waals surface area contributed by atoms with Gasteiger partial charge in [-0.2, -0.15) is 0 Å². The molecule has 5 nitrogen and oxygen atoms in total. The van der Waals surface area contributed by atoms with Crippen LogP contribution in [0.4, 0.5) is 5.13 Å². The van der Waals surface area contributed by atoms with E-state index in [4.69, 9.17) is 4.74 Å². The topological polar surface area (TPSA) is 64.1 Å². The molecule has 0 atom stereocenters. The van der Waals surface area contributed by atoms with Crippen LogP contribution in [0.25, 0.3) is 11.1 Å². The summed E-state index contributed by atoms with van der Waals surface area (Å²) in [5.41, 5.74) is 2.20. The van der Waals surface area contributed by atoms with E-state index in [9.17, 15) is 4.79 Å². The normalized spacial score (nSPS) is 10.9. The van der Waals surface area contributed by atoms with E-state index < -0.39 is 0 Å². The number of nitrogens with one attached hydrogen (secondary N) is 1. The van der Waals surface area contributed by atoms with Crippen LogP contribution in [0.2, 0.25) is 0 Å². The summed E-state index contributed by atoms with van der Waals surface area (Å²) in [5, 5.41) is 12.5. The number of halogens is 1. The fraction of sp³-hybridized carbons (Fsp3) is 0.286. The van der Waals surface area contributed by atoms with Crippen LogP contribution in [0.15, 0.2) is 53.0 Å². The van der Waals surface area contributed by atoms with E-state index in [0.717, 1.165) is 33.4 Å². The average molecular weight is 460 g/mol. The zero-order valence-corrected chi connectivity index (χ0v) is 18.2. The number of anilines is 1. The average Bonchev–Trinajstić information content (AvgIpc) is 3.16. The lowest BCUT2D eigenvalue weighted by Crippen LogP contribution is -2.20. The molecule has 2 aromatic carbocycles. The zero-order valence-electron chi connectivity index (χ0n) is 15.8. The summed E-state index contributed by atoms with van der Waals surface area (Å²) in [4.78, 5) is 12.2. The Hall–Kier alpha value is -2.25. The molecule has 1 N–H and O–H groups in total. The zero-order chi connectivity index (χ0) is 19.9. The molecule has 0 bridgehead atoms. The van der Waals surface area contributed by atoms with Crippen LogP contribution < -0.4 is 10.1 Å². The molecular weight excluding hydrogens is 438 g/mol. The van der Waals surface area contributed by atoms with E-state index in [1.165, 1.54) is 11.3 Å². The molecule has 3 aromatic rings. The van der Waals surface area contributed by atoms with Crippen LogP contribution in [-0.4, -0.2) is 22.7 Å². The predicted octanol–water partition coefficient (Wildman–Crippen LogP) is 5.89. The standard InChI is InChI=1S/C21H22BrN3O2S/c1-3-14(4-2)20-24-25-21(28-20)23-19(26)13-27-18-11-10-16(12-17(18)22)15-8-6-5-7-9-15/h5-12,14H,3-4,13H2,1-2H3,(H,23,25,26). The number of benzene rings is 2. The van der Waals surface area contributed by atoms with Crippen molar-refractivity contribution >= 4 is 38.3 Å². The van der Waals surface area contributed by atoms with Crippen molar-refractivity contribution < 1.29 is 9.53 Å². The Morgan fingerprint density at radius 2 is 1.86 bits per heavy atom. The Morgan fingerprint density at radius 3 is 2.54 bits per heavy atom. The number of ether oxygens (including phenoxy) is 1. The van der Waals surface area contributed by atoms with Gasteiger partial charge in [0.05, 0.1) is 4.47 Å². The number of nitrogens with zero attached hydrogens (tertiary/aromatic N) is 2. The van der Waals surface area contributed by atoms with Crippen molar-refractivity contribution in [3.05, 3.63) is 58.0 Å². The molecule has 28 heavy (non-hydrogen) atoms. The highest BCUT2D eigenvalue weighted by molar-refractivity contribution is 9.10. The molecule has 0 aliphatic rings. The molecule has 0 aliphatic carbocycles. The molecule has 0 aliphatic heterocycles.